The van der Waals surface area contributed by atoms with Gasteiger partial charge in [0.2, 0.25) is 0 Å². The molecule has 104 valence electrons. The van der Waals surface area contributed by atoms with E-state index in [9.17, 15) is 4.79 Å². The van der Waals surface area contributed by atoms with Crippen molar-refractivity contribution < 1.29 is 4.79 Å². The van der Waals surface area contributed by atoms with Gasteiger partial charge >= 0.3 is 0 Å². The predicted octanol–water partition coefficient (Wildman–Crippen LogP) is 0.701. The van der Waals surface area contributed by atoms with Gasteiger partial charge in [0.15, 0.2) is 5.69 Å². The third kappa shape index (κ3) is 2.42. The van der Waals surface area contributed by atoms with Gasteiger partial charge in [0.25, 0.3) is 5.91 Å². The smallest absolute Gasteiger partial charge is 0.276 e. The Labute approximate surface area is 117 Å². The van der Waals surface area contributed by atoms with Crippen molar-refractivity contribution in [3.05, 3.63) is 42.2 Å². The van der Waals surface area contributed by atoms with Gasteiger partial charge < -0.3 is 10.2 Å². The topological polar surface area (TPSA) is 63.1 Å². The summed E-state index contributed by atoms with van der Waals surface area (Å²) in [6.07, 6.45) is 2.66. The standard InChI is InChI=1S/C14H17N5O/c1-18(12-7-8-15-9-12)14(20)13-10-19(17-16-13)11-5-3-2-4-6-11/h2-6,10,12,15H,7-9H2,1H3. The highest BCUT2D eigenvalue weighted by molar-refractivity contribution is 5.92. The van der Waals surface area contributed by atoms with Crippen LogP contribution in [-0.4, -0.2) is 52.0 Å². The average molecular weight is 271 g/mol. The zero-order valence-corrected chi connectivity index (χ0v) is 11.4. The van der Waals surface area contributed by atoms with Gasteiger partial charge in [-0.15, -0.1) is 5.10 Å². The third-order valence-corrected chi connectivity index (χ3v) is 3.64. The summed E-state index contributed by atoms with van der Waals surface area (Å²) in [5.74, 6) is -0.0825. The maximum atomic E-state index is 12.4. The van der Waals surface area contributed by atoms with E-state index in [2.05, 4.69) is 15.6 Å². The summed E-state index contributed by atoms with van der Waals surface area (Å²) >= 11 is 0. The highest BCUT2D eigenvalue weighted by atomic mass is 16.2. The monoisotopic (exact) mass is 271 g/mol. The minimum atomic E-state index is -0.0825. The van der Waals surface area contributed by atoms with Crippen LogP contribution in [0.25, 0.3) is 5.69 Å². The number of nitrogens with one attached hydrogen (secondary N) is 1. The Morgan fingerprint density at radius 3 is 2.90 bits per heavy atom. The summed E-state index contributed by atoms with van der Waals surface area (Å²) in [4.78, 5) is 14.1. The molecule has 3 rings (SSSR count). The molecule has 1 amide bonds. The van der Waals surface area contributed by atoms with Crippen LogP contribution in [0.5, 0.6) is 0 Å². The van der Waals surface area contributed by atoms with Crippen LogP contribution in [0, 0.1) is 0 Å². The van der Waals surface area contributed by atoms with Crippen molar-refractivity contribution in [2.24, 2.45) is 0 Å². The number of hydrogen-bond acceptors (Lipinski definition) is 4. The van der Waals surface area contributed by atoms with Gasteiger partial charge in [-0.3, -0.25) is 4.79 Å². The molecule has 0 aliphatic carbocycles. The molecular formula is C14H17N5O. The first-order chi connectivity index (χ1) is 9.75. The van der Waals surface area contributed by atoms with Crippen molar-refractivity contribution in [3.8, 4) is 5.69 Å². The van der Waals surface area contributed by atoms with Gasteiger partial charge in [-0.05, 0) is 25.1 Å². The second-order valence-electron chi connectivity index (χ2n) is 4.95. The van der Waals surface area contributed by atoms with Crippen molar-refractivity contribution in [3.63, 3.8) is 0 Å². The number of para-hydroxylation sites is 1. The highest BCUT2D eigenvalue weighted by Gasteiger charge is 2.25. The maximum Gasteiger partial charge on any atom is 0.276 e. The van der Waals surface area contributed by atoms with Crippen LogP contribution < -0.4 is 5.32 Å². The minimum Gasteiger partial charge on any atom is -0.336 e. The molecule has 0 saturated carbocycles. The largest absolute Gasteiger partial charge is 0.336 e. The van der Waals surface area contributed by atoms with Crippen molar-refractivity contribution in [1.29, 1.82) is 0 Å². The van der Waals surface area contributed by atoms with Gasteiger partial charge in [0.1, 0.15) is 0 Å². The molecule has 6 nitrogen and oxygen atoms in total. The fraction of sp³-hybridized carbons (Fsp3) is 0.357. The summed E-state index contributed by atoms with van der Waals surface area (Å²) in [6, 6.07) is 9.88. The molecule has 1 aromatic heterocycles. The van der Waals surface area contributed by atoms with E-state index in [1.54, 1.807) is 15.8 Å². The molecule has 1 N–H and O–H groups in total. The Morgan fingerprint density at radius 2 is 2.20 bits per heavy atom. The molecule has 20 heavy (non-hydrogen) atoms. The molecule has 1 saturated heterocycles. The predicted molar refractivity (Wildman–Crippen MR) is 74.7 cm³/mol. The number of benzene rings is 1. The van der Waals surface area contributed by atoms with E-state index in [0.717, 1.165) is 25.2 Å². The van der Waals surface area contributed by atoms with Crippen molar-refractivity contribution in [2.75, 3.05) is 20.1 Å². The minimum absolute atomic E-state index is 0.0825. The van der Waals surface area contributed by atoms with E-state index in [4.69, 9.17) is 0 Å². The second-order valence-corrected chi connectivity index (χ2v) is 4.95. The lowest BCUT2D eigenvalue weighted by molar-refractivity contribution is 0.0738. The first kappa shape index (κ1) is 12.8. The molecule has 2 aromatic rings. The Kier molecular flexibility index (Phi) is 3.47. The van der Waals surface area contributed by atoms with Gasteiger partial charge in [0.05, 0.1) is 11.9 Å². The molecule has 1 aliphatic rings. The molecule has 1 aliphatic heterocycles. The maximum absolute atomic E-state index is 12.4. The van der Waals surface area contributed by atoms with E-state index in [0.29, 0.717) is 5.69 Å². The van der Waals surface area contributed by atoms with Gasteiger partial charge in [-0.25, -0.2) is 4.68 Å². The van der Waals surface area contributed by atoms with Crippen LogP contribution in [0.3, 0.4) is 0 Å². The van der Waals surface area contributed by atoms with Crippen molar-refractivity contribution >= 4 is 5.91 Å². The Hall–Kier alpha value is -2.21. The van der Waals surface area contributed by atoms with Gasteiger partial charge in [-0.1, -0.05) is 23.4 Å². The fourth-order valence-electron chi connectivity index (χ4n) is 2.39. The second kappa shape index (κ2) is 5.42. The Bertz CT molecular complexity index is 589. The lowest BCUT2D eigenvalue weighted by Gasteiger charge is -2.22. The van der Waals surface area contributed by atoms with Crippen LogP contribution in [0.15, 0.2) is 36.5 Å². The molecule has 1 atom stereocenters. The van der Waals surface area contributed by atoms with Gasteiger partial charge in [-0.2, -0.15) is 0 Å². The summed E-state index contributed by atoms with van der Waals surface area (Å²) in [5, 5.41) is 11.3. The summed E-state index contributed by atoms with van der Waals surface area (Å²) < 4.78 is 1.62. The highest BCUT2D eigenvalue weighted by Crippen LogP contribution is 2.11. The molecular weight excluding hydrogens is 254 g/mol. The number of nitrogens with zero attached hydrogens (tertiary/aromatic N) is 4. The normalized spacial score (nSPS) is 18.1. The van der Waals surface area contributed by atoms with E-state index in [1.165, 1.54) is 0 Å². The molecule has 0 radical (unpaired) electrons. The van der Waals surface area contributed by atoms with Crippen LogP contribution in [0.4, 0.5) is 0 Å². The van der Waals surface area contributed by atoms with E-state index in [-0.39, 0.29) is 11.9 Å². The summed E-state index contributed by atoms with van der Waals surface area (Å²) in [6.45, 7) is 1.80. The number of amides is 1. The number of likely N-dealkylation sites (N-methyl/N-ethyl adjacent to an activating group) is 1. The van der Waals surface area contributed by atoms with Crippen LogP contribution in [0.2, 0.25) is 0 Å². The van der Waals surface area contributed by atoms with E-state index >= 15 is 0 Å². The molecule has 1 fully saturated rings. The molecule has 1 unspecified atom stereocenters. The summed E-state index contributed by atoms with van der Waals surface area (Å²) in [7, 11) is 1.82. The number of carbonyl (C=O) groups excluding carboxylic acids is 1. The zero-order valence-electron chi connectivity index (χ0n) is 11.4. The summed E-state index contributed by atoms with van der Waals surface area (Å²) in [5.41, 5.74) is 1.27. The van der Waals surface area contributed by atoms with Crippen molar-refractivity contribution in [2.45, 2.75) is 12.5 Å². The van der Waals surface area contributed by atoms with Crippen LogP contribution in [0.1, 0.15) is 16.9 Å². The Balaban J connectivity index is 1.78. The van der Waals surface area contributed by atoms with Crippen LogP contribution >= 0.6 is 0 Å². The quantitative estimate of drug-likeness (QED) is 0.892. The first-order valence-corrected chi connectivity index (χ1v) is 6.71. The third-order valence-electron chi connectivity index (χ3n) is 3.64. The number of rotatable bonds is 3. The molecule has 0 spiro atoms. The Morgan fingerprint density at radius 1 is 1.40 bits per heavy atom. The zero-order chi connectivity index (χ0) is 13.9. The van der Waals surface area contributed by atoms with Crippen LogP contribution in [-0.2, 0) is 0 Å². The molecule has 0 bridgehead atoms. The lowest BCUT2D eigenvalue weighted by Crippen LogP contribution is -2.38. The molecule has 2 heterocycles. The number of carbonyl (C=O) groups is 1. The number of aromatic nitrogens is 3. The fourth-order valence-corrected chi connectivity index (χ4v) is 2.39. The number of hydrogen-bond donors (Lipinski definition) is 1. The average Bonchev–Trinajstić information content (AvgIpc) is 3.18. The SMILES string of the molecule is CN(C(=O)c1cn(-c2ccccc2)nn1)C1CCNC1. The first-order valence-electron chi connectivity index (χ1n) is 6.71. The lowest BCUT2D eigenvalue weighted by atomic mass is 10.2. The van der Waals surface area contributed by atoms with E-state index in [1.807, 2.05) is 37.4 Å². The molecule has 6 heteroatoms. The molecule has 1 aromatic carbocycles. The van der Waals surface area contributed by atoms with Crippen molar-refractivity contribution in [1.82, 2.24) is 25.2 Å². The van der Waals surface area contributed by atoms with E-state index < -0.39 is 0 Å². The van der Waals surface area contributed by atoms with Gasteiger partial charge in [0, 0.05) is 19.6 Å².